The van der Waals surface area contributed by atoms with Crippen molar-refractivity contribution in [2.45, 2.75) is 0 Å². The first-order valence-corrected chi connectivity index (χ1v) is 8.99. The van der Waals surface area contributed by atoms with Crippen molar-refractivity contribution in [1.29, 1.82) is 0 Å². The zero-order chi connectivity index (χ0) is 20.5. The van der Waals surface area contributed by atoms with Gasteiger partial charge in [-0.1, -0.05) is 23.2 Å². The lowest BCUT2D eigenvalue weighted by atomic mass is 10.2. The van der Waals surface area contributed by atoms with E-state index < -0.39 is 10.9 Å². The summed E-state index contributed by atoms with van der Waals surface area (Å²) in [6, 6.07) is 14.0. The van der Waals surface area contributed by atoms with Crippen molar-refractivity contribution in [2.24, 2.45) is 4.99 Å². The standard InChI is InChI=1S/C20H10Cl2N2O5/c21-15-7-3-12(9-16(15)22)18-8-6-14(28-18)10-17-20(25)29-19(23-17)11-1-4-13(5-2-11)24(26)27/h1-10H/b17-10-. The maximum Gasteiger partial charge on any atom is 0.363 e. The van der Waals surface area contributed by atoms with Gasteiger partial charge in [0.15, 0.2) is 5.70 Å². The number of esters is 1. The van der Waals surface area contributed by atoms with Crippen molar-refractivity contribution in [3.63, 3.8) is 0 Å². The fourth-order valence-corrected chi connectivity index (χ4v) is 2.93. The van der Waals surface area contributed by atoms with Gasteiger partial charge in [0.1, 0.15) is 11.5 Å². The Hall–Kier alpha value is -3.42. The minimum absolute atomic E-state index is 0.0494. The van der Waals surface area contributed by atoms with Crippen LogP contribution in [0.2, 0.25) is 10.0 Å². The van der Waals surface area contributed by atoms with E-state index in [-0.39, 0.29) is 17.3 Å². The van der Waals surface area contributed by atoms with Gasteiger partial charge in [-0.25, -0.2) is 9.79 Å². The molecule has 1 aliphatic heterocycles. The third-order valence-electron chi connectivity index (χ3n) is 4.06. The number of nitro groups is 1. The lowest BCUT2D eigenvalue weighted by Gasteiger charge is -1.99. The maximum absolute atomic E-state index is 12.1. The summed E-state index contributed by atoms with van der Waals surface area (Å²) in [4.78, 5) is 26.5. The number of carbonyl (C=O) groups is 1. The molecule has 7 nitrogen and oxygen atoms in total. The van der Waals surface area contributed by atoms with Crippen molar-refractivity contribution in [3.8, 4) is 11.3 Å². The number of furan rings is 1. The Balaban J connectivity index is 1.59. The van der Waals surface area contributed by atoms with Gasteiger partial charge >= 0.3 is 5.97 Å². The molecule has 0 fully saturated rings. The van der Waals surface area contributed by atoms with Crippen molar-refractivity contribution in [2.75, 3.05) is 0 Å². The number of carbonyl (C=O) groups excluding carboxylic acids is 1. The van der Waals surface area contributed by atoms with Gasteiger partial charge in [0, 0.05) is 29.3 Å². The van der Waals surface area contributed by atoms with E-state index >= 15 is 0 Å². The van der Waals surface area contributed by atoms with Gasteiger partial charge in [-0.05, 0) is 42.5 Å². The molecule has 2 aromatic carbocycles. The summed E-state index contributed by atoms with van der Waals surface area (Å²) in [5.74, 6) is 0.353. The molecule has 0 N–H and O–H groups in total. The Morgan fingerprint density at radius 1 is 0.966 bits per heavy atom. The number of cyclic esters (lactones) is 1. The van der Waals surface area contributed by atoms with Crippen molar-refractivity contribution >= 4 is 46.8 Å². The second kappa shape index (κ2) is 7.54. The second-order valence-electron chi connectivity index (χ2n) is 5.97. The van der Waals surface area contributed by atoms with Crippen molar-refractivity contribution < 1.29 is 18.9 Å². The Kier molecular flexibility index (Phi) is 4.92. The summed E-state index contributed by atoms with van der Waals surface area (Å²) >= 11 is 11.9. The summed E-state index contributed by atoms with van der Waals surface area (Å²) in [6.07, 6.45) is 1.45. The van der Waals surface area contributed by atoms with Crippen LogP contribution in [0.25, 0.3) is 17.4 Å². The Bertz CT molecular complexity index is 1200. The van der Waals surface area contributed by atoms with Crippen LogP contribution in [0.4, 0.5) is 5.69 Å². The fourth-order valence-electron chi connectivity index (χ4n) is 2.63. The molecule has 0 unspecified atom stereocenters. The Labute approximate surface area is 174 Å². The van der Waals surface area contributed by atoms with E-state index in [0.29, 0.717) is 27.1 Å². The number of benzene rings is 2. The first kappa shape index (κ1) is 18.9. The molecule has 0 saturated carbocycles. The van der Waals surface area contributed by atoms with Gasteiger partial charge in [0.2, 0.25) is 5.90 Å². The molecule has 0 saturated heterocycles. The molecule has 1 aromatic heterocycles. The minimum Gasteiger partial charge on any atom is -0.457 e. The van der Waals surface area contributed by atoms with Crippen molar-refractivity contribution in [3.05, 3.63) is 91.8 Å². The Morgan fingerprint density at radius 2 is 1.69 bits per heavy atom. The predicted octanol–water partition coefficient (Wildman–Crippen LogP) is 5.51. The third kappa shape index (κ3) is 3.91. The van der Waals surface area contributed by atoms with Gasteiger partial charge in [0.05, 0.1) is 15.0 Å². The van der Waals surface area contributed by atoms with E-state index in [2.05, 4.69) is 4.99 Å². The highest BCUT2D eigenvalue weighted by Crippen LogP contribution is 2.30. The lowest BCUT2D eigenvalue weighted by molar-refractivity contribution is -0.384. The van der Waals surface area contributed by atoms with Gasteiger partial charge < -0.3 is 9.15 Å². The Morgan fingerprint density at radius 3 is 2.38 bits per heavy atom. The van der Waals surface area contributed by atoms with Crippen LogP contribution in [0, 0.1) is 10.1 Å². The average Bonchev–Trinajstić information content (AvgIpc) is 3.31. The minimum atomic E-state index is -0.647. The molecule has 0 radical (unpaired) electrons. The largest absolute Gasteiger partial charge is 0.457 e. The molecule has 0 spiro atoms. The second-order valence-corrected chi connectivity index (χ2v) is 6.79. The van der Waals surface area contributed by atoms with E-state index in [0.717, 1.165) is 5.56 Å². The number of aliphatic imine (C=N–C) groups is 1. The first-order chi connectivity index (χ1) is 13.9. The third-order valence-corrected chi connectivity index (χ3v) is 4.79. The smallest absolute Gasteiger partial charge is 0.363 e. The number of ether oxygens (including phenoxy) is 1. The number of nitrogens with zero attached hydrogens (tertiary/aromatic N) is 2. The maximum atomic E-state index is 12.1. The molecular weight excluding hydrogens is 419 g/mol. The highest BCUT2D eigenvalue weighted by molar-refractivity contribution is 6.42. The normalized spacial score (nSPS) is 14.8. The number of rotatable bonds is 4. The van der Waals surface area contributed by atoms with Crippen LogP contribution in [-0.4, -0.2) is 16.8 Å². The van der Waals surface area contributed by atoms with Crippen LogP contribution >= 0.6 is 23.2 Å². The molecule has 2 heterocycles. The quantitative estimate of drug-likeness (QED) is 0.236. The van der Waals surface area contributed by atoms with Gasteiger partial charge in [0.25, 0.3) is 5.69 Å². The number of hydrogen-bond acceptors (Lipinski definition) is 6. The highest BCUT2D eigenvalue weighted by atomic mass is 35.5. The summed E-state index contributed by atoms with van der Waals surface area (Å²) in [6.45, 7) is 0. The summed E-state index contributed by atoms with van der Waals surface area (Å²) < 4.78 is 10.9. The molecule has 144 valence electrons. The summed E-state index contributed by atoms with van der Waals surface area (Å²) in [5.41, 5.74) is 1.16. The van der Waals surface area contributed by atoms with E-state index in [1.807, 2.05) is 0 Å². The molecule has 0 bridgehead atoms. The van der Waals surface area contributed by atoms with E-state index in [1.165, 1.54) is 30.3 Å². The fraction of sp³-hybridized carbons (Fsp3) is 0. The molecule has 29 heavy (non-hydrogen) atoms. The molecule has 1 aliphatic rings. The first-order valence-electron chi connectivity index (χ1n) is 8.23. The van der Waals surface area contributed by atoms with E-state index in [9.17, 15) is 14.9 Å². The zero-order valence-electron chi connectivity index (χ0n) is 14.5. The number of nitro benzene ring substituents is 1. The molecule has 9 heteroatoms. The molecule has 0 atom stereocenters. The van der Waals surface area contributed by atoms with Gasteiger partial charge in [-0.3, -0.25) is 10.1 Å². The van der Waals surface area contributed by atoms with Crippen molar-refractivity contribution in [1.82, 2.24) is 0 Å². The monoisotopic (exact) mass is 428 g/mol. The van der Waals surface area contributed by atoms with E-state index in [1.54, 1.807) is 30.3 Å². The predicted molar refractivity (Wildman–Crippen MR) is 108 cm³/mol. The molecule has 4 rings (SSSR count). The van der Waals surface area contributed by atoms with Crippen LogP contribution in [0.5, 0.6) is 0 Å². The van der Waals surface area contributed by atoms with Crippen LogP contribution in [0.15, 0.2) is 69.7 Å². The SMILES string of the molecule is O=C1OC(c2ccc([N+](=O)[O-])cc2)=N/C1=C\c1ccc(-c2ccc(Cl)c(Cl)c2)o1. The van der Waals surface area contributed by atoms with Crippen LogP contribution in [0.1, 0.15) is 11.3 Å². The van der Waals surface area contributed by atoms with Crippen LogP contribution in [0.3, 0.4) is 0 Å². The molecule has 0 amide bonds. The average molecular weight is 429 g/mol. The lowest BCUT2D eigenvalue weighted by Crippen LogP contribution is -2.05. The van der Waals surface area contributed by atoms with Crippen LogP contribution in [-0.2, 0) is 9.53 Å². The van der Waals surface area contributed by atoms with Gasteiger partial charge in [-0.15, -0.1) is 0 Å². The number of non-ortho nitro benzene ring substituents is 1. The summed E-state index contributed by atoms with van der Waals surface area (Å²) in [7, 11) is 0. The molecule has 3 aromatic rings. The zero-order valence-corrected chi connectivity index (χ0v) is 16.0. The number of hydrogen-bond donors (Lipinski definition) is 0. The molecule has 0 aliphatic carbocycles. The molecular formula is C20H10Cl2N2O5. The summed E-state index contributed by atoms with van der Waals surface area (Å²) in [5, 5.41) is 11.6. The van der Waals surface area contributed by atoms with E-state index in [4.69, 9.17) is 32.4 Å². The highest BCUT2D eigenvalue weighted by Gasteiger charge is 2.25. The van der Waals surface area contributed by atoms with Gasteiger partial charge in [-0.2, -0.15) is 0 Å². The topological polar surface area (TPSA) is 94.9 Å². The van der Waals surface area contributed by atoms with Crippen LogP contribution < -0.4 is 0 Å². The number of halogens is 2.